The molecule has 0 aliphatic rings. The first-order valence-electron chi connectivity index (χ1n) is 6.03. The number of carboxylic acids is 1. The first-order valence-corrected chi connectivity index (χ1v) is 6.03. The Morgan fingerprint density at radius 2 is 1.94 bits per heavy atom. The number of aliphatic carboxylic acids is 1. The lowest BCUT2D eigenvalue weighted by Gasteiger charge is -2.13. The molecule has 0 heterocycles. The summed E-state index contributed by atoms with van der Waals surface area (Å²) in [5.74, 6) is -0.912. The molecular formula is C15H16O3. The molecular weight excluding hydrogens is 228 g/mol. The van der Waals surface area contributed by atoms with Crippen molar-refractivity contribution in [1.82, 2.24) is 0 Å². The highest BCUT2D eigenvalue weighted by Crippen LogP contribution is 2.20. The van der Waals surface area contributed by atoms with Gasteiger partial charge in [-0.3, -0.25) is 0 Å². The Bertz CT molecular complexity index is 543. The summed E-state index contributed by atoms with van der Waals surface area (Å²) in [6.45, 7) is 2.21. The molecule has 0 aliphatic carbocycles. The molecule has 0 unspecified atom stereocenters. The molecule has 0 fully saturated rings. The highest BCUT2D eigenvalue weighted by Gasteiger charge is 2.18. The number of fused-ring (bicyclic) bond motifs is 1. The van der Waals surface area contributed by atoms with Gasteiger partial charge in [-0.15, -0.1) is 0 Å². The molecule has 18 heavy (non-hydrogen) atoms. The zero-order chi connectivity index (χ0) is 13.0. The average Bonchev–Trinajstić information content (AvgIpc) is 2.38. The number of hydrogen-bond donors (Lipinski definition) is 1. The van der Waals surface area contributed by atoms with Gasteiger partial charge >= 0.3 is 5.97 Å². The van der Waals surface area contributed by atoms with Gasteiger partial charge in [0.15, 0.2) is 6.10 Å². The number of hydrogen-bond acceptors (Lipinski definition) is 2. The lowest BCUT2D eigenvalue weighted by Crippen LogP contribution is -2.26. The first kappa shape index (κ1) is 12.6. The summed E-state index contributed by atoms with van der Waals surface area (Å²) < 4.78 is 5.26. The fraction of sp³-hybridized carbons (Fsp3) is 0.267. The van der Waals surface area contributed by atoms with Crippen LogP contribution in [0.3, 0.4) is 0 Å². The molecule has 0 saturated carbocycles. The van der Waals surface area contributed by atoms with E-state index < -0.39 is 12.1 Å². The van der Waals surface area contributed by atoms with Gasteiger partial charge in [-0.25, -0.2) is 4.79 Å². The van der Waals surface area contributed by atoms with Crippen LogP contribution in [0.25, 0.3) is 10.8 Å². The predicted molar refractivity (Wildman–Crippen MR) is 70.7 cm³/mol. The molecule has 2 aromatic carbocycles. The molecule has 0 bridgehead atoms. The van der Waals surface area contributed by atoms with Gasteiger partial charge in [0.05, 0.1) is 0 Å². The van der Waals surface area contributed by atoms with Crippen LogP contribution in [0.1, 0.15) is 12.5 Å². The van der Waals surface area contributed by atoms with Crippen LogP contribution in [0.4, 0.5) is 0 Å². The first-order chi connectivity index (χ1) is 8.72. The second-order valence-electron chi connectivity index (χ2n) is 4.12. The van der Waals surface area contributed by atoms with E-state index in [0.717, 1.165) is 16.3 Å². The summed E-state index contributed by atoms with van der Waals surface area (Å²) in [7, 11) is 0. The normalized spacial score (nSPS) is 12.5. The summed E-state index contributed by atoms with van der Waals surface area (Å²) in [4.78, 5) is 11.1. The molecule has 3 heteroatoms. The lowest BCUT2D eigenvalue weighted by atomic mass is 10.00. The van der Waals surface area contributed by atoms with Crippen LogP contribution in [-0.2, 0) is 16.0 Å². The van der Waals surface area contributed by atoms with Crippen molar-refractivity contribution in [2.24, 2.45) is 0 Å². The monoisotopic (exact) mass is 244 g/mol. The Morgan fingerprint density at radius 3 is 2.67 bits per heavy atom. The van der Waals surface area contributed by atoms with Crippen molar-refractivity contribution in [3.63, 3.8) is 0 Å². The van der Waals surface area contributed by atoms with E-state index in [1.165, 1.54) is 0 Å². The van der Waals surface area contributed by atoms with E-state index >= 15 is 0 Å². The maximum absolute atomic E-state index is 11.1. The van der Waals surface area contributed by atoms with Crippen LogP contribution in [0.2, 0.25) is 0 Å². The minimum Gasteiger partial charge on any atom is -0.479 e. The van der Waals surface area contributed by atoms with E-state index in [0.29, 0.717) is 13.0 Å². The van der Waals surface area contributed by atoms with Gasteiger partial charge in [0.2, 0.25) is 0 Å². The molecule has 2 rings (SSSR count). The molecule has 0 radical (unpaired) electrons. The number of benzene rings is 2. The molecule has 3 nitrogen and oxygen atoms in total. The third-order valence-corrected chi connectivity index (χ3v) is 2.93. The Labute approximate surface area is 106 Å². The lowest BCUT2D eigenvalue weighted by molar-refractivity contribution is -0.149. The zero-order valence-corrected chi connectivity index (χ0v) is 10.3. The summed E-state index contributed by atoms with van der Waals surface area (Å²) >= 11 is 0. The highest BCUT2D eigenvalue weighted by molar-refractivity contribution is 5.86. The maximum Gasteiger partial charge on any atom is 0.333 e. The van der Waals surface area contributed by atoms with Gasteiger partial charge in [-0.05, 0) is 23.3 Å². The summed E-state index contributed by atoms with van der Waals surface area (Å²) in [5, 5.41) is 11.3. The van der Waals surface area contributed by atoms with Gasteiger partial charge in [0.25, 0.3) is 0 Å². The number of ether oxygens (including phenoxy) is 1. The molecule has 0 spiro atoms. The molecule has 0 aromatic heterocycles. The van der Waals surface area contributed by atoms with Crippen LogP contribution in [-0.4, -0.2) is 23.8 Å². The van der Waals surface area contributed by atoms with Crippen molar-refractivity contribution in [2.45, 2.75) is 19.4 Å². The molecule has 1 atom stereocenters. The van der Waals surface area contributed by atoms with Crippen LogP contribution < -0.4 is 0 Å². The van der Waals surface area contributed by atoms with Crippen molar-refractivity contribution in [3.05, 3.63) is 48.0 Å². The number of carbonyl (C=O) groups is 1. The molecule has 0 saturated heterocycles. The minimum absolute atomic E-state index is 0.393. The zero-order valence-electron chi connectivity index (χ0n) is 10.3. The maximum atomic E-state index is 11.1. The van der Waals surface area contributed by atoms with Gasteiger partial charge in [0.1, 0.15) is 0 Å². The Kier molecular flexibility index (Phi) is 3.95. The largest absolute Gasteiger partial charge is 0.479 e. The third-order valence-electron chi connectivity index (χ3n) is 2.93. The molecule has 0 amide bonds. The van der Waals surface area contributed by atoms with Crippen LogP contribution in [0.5, 0.6) is 0 Å². The van der Waals surface area contributed by atoms with E-state index in [2.05, 4.69) is 0 Å². The van der Waals surface area contributed by atoms with Gasteiger partial charge < -0.3 is 9.84 Å². The smallest absolute Gasteiger partial charge is 0.333 e. The second kappa shape index (κ2) is 5.65. The van der Waals surface area contributed by atoms with Crippen molar-refractivity contribution < 1.29 is 14.6 Å². The van der Waals surface area contributed by atoms with Crippen LogP contribution in [0.15, 0.2) is 42.5 Å². The van der Waals surface area contributed by atoms with Crippen molar-refractivity contribution in [2.75, 3.05) is 6.61 Å². The average molecular weight is 244 g/mol. The SMILES string of the molecule is CCO[C@H](Cc1cccc2ccccc12)C(=O)O. The number of carboxylic acid groups (broad SMARTS) is 1. The third kappa shape index (κ3) is 2.68. The number of rotatable bonds is 5. The van der Waals surface area contributed by atoms with E-state index in [-0.39, 0.29) is 0 Å². The fourth-order valence-corrected chi connectivity index (χ4v) is 2.09. The van der Waals surface area contributed by atoms with Gasteiger partial charge in [-0.2, -0.15) is 0 Å². The second-order valence-corrected chi connectivity index (χ2v) is 4.12. The Hall–Kier alpha value is -1.87. The van der Waals surface area contributed by atoms with E-state index in [1.54, 1.807) is 6.92 Å². The molecule has 0 aliphatic heterocycles. The standard InChI is InChI=1S/C15H16O3/c1-2-18-14(15(16)17)10-12-8-5-7-11-6-3-4-9-13(11)12/h3-9,14H,2,10H2,1H3,(H,16,17)/t14-/m1/s1. The molecule has 2 aromatic rings. The Morgan fingerprint density at radius 1 is 1.22 bits per heavy atom. The van der Waals surface area contributed by atoms with E-state index in [4.69, 9.17) is 9.84 Å². The summed E-state index contributed by atoms with van der Waals surface area (Å²) in [5.41, 5.74) is 1.01. The predicted octanol–water partition coefficient (Wildman–Crippen LogP) is 2.87. The minimum atomic E-state index is -0.912. The van der Waals surface area contributed by atoms with Crippen molar-refractivity contribution in [3.8, 4) is 0 Å². The van der Waals surface area contributed by atoms with E-state index in [1.807, 2.05) is 42.5 Å². The van der Waals surface area contributed by atoms with Crippen molar-refractivity contribution in [1.29, 1.82) is 0 Å². The topological polar surface area (TPSA) is 46.5 Å². The quantitative estimate of drug-likeness (QED) is 0.879. The fourth-order valence-electron chi connectivity index (χ4n) is 2.09. The van der Waals surface area contributed by atoms with E-state index in [9.17, 15) is 4.79 Å². The Balaban J connectivity index is 2.33. The molecule has 94 valence electrons. The van der Waals surface area contributed by atoms with Crippen LogP contribution >= 0.6 is 0 Å². The van der Waals surface area contributed by atoms with Gasteiger partial charge in [0, 0.05) is 13.0 Å². The van der Waals surface area contributed by atoms with Gasteiger partial charge in [-0.1, -0.05) is 42.5 Å². The highest BCUT2D eigenvalue weighted by atomic mass is 16.5. The summed E-state index contributed by atoms with van der Waals surface area (Å²) in [6, 6.07) is 13.9. The van der Waals surface area contributed by atoms with Crippen molar-refractivity contribution >= 4 is 16.7 Å². The molecule has 1 N–H and O–H groups in total. The summed E-state index contributed by atoms with van der Waals surface area (Å²) in [6.07, 6.45) is -0.384. The van der Waals surface area contributed by atoms with Crippen LogP contribution in [0, 0.1) is 0 Å².